The summed E-state index contributed by atoms with van der Waals surface area (Å²) < 4.78 is 6.80. The van der Waals surface area contributed by atoms with Crippen molar-refractivity contribution in [2.75, 3.05) is 13.7 Å². The highest BCUT2D eigenvalue weighted by Gasteiger charge is 2.27. The molecule has 1 aliphatic heterocycles. The molecule has 4 rings (SSSR count). The first kappa shape index (κ1) is 18.1. The summed E-state index contributed by atoms with van der Waals surface area (Å²) in [4.78, 5) is 19.2. The maximum Gasteiger partial charge on any atom is 0.159 e. The van der Waals surface area contributed by atoms with Gasteiger partial charge in [-0.05, 0) is 56.6 Å². The Morgan fingerprint density at radius 3 is 2.89 bits per heavy atom. The molecule has 27 heavy (non-hydrogen) atoms. The fourth-order valence-corrected chi connectivity index (χ4v) is 4.97. The molecule has 1 aliphatic rings. The van der Waals surface area contributed by atoms with Gasteiger partial charge in [0.15, 0.2) is 5.78 Å². The van der Waals surface area contributed by atoms with E-state index >= 15 is 0 Å². The van der Waals surface area contributed by atoms with Crippen molar-refractivity contribution < 1.29 is 9.53 Å². The summed E-state index contributed by atoms with van der Waals surface area (Å²) in [7, 11) is 1.69. The lowest BCUT2D eigenvalue weighted by Crippen LogP contribution is -2.33. The van der Waals surface area contributed by atoms with Crippen LogP contribution in [0.25, 0.3) is 10.2 Å². The van der Waals surface area contributed by atoms with E-state index in [0.717, 1.165) is 41.9 Å². The highest BCUT2D eigenvalue weighted by molar-refractivity contribution is 7.18. The quantitative estimate of drug-likeness (QED) is 0.568. The summed E-state index contributed by atoms with van der Waals surface area (Å²) in [6, 6.07) is 14.4. The number of benzene rings is 2. The smallest absolute Gasteiger partial charge is 0.159 e. The number of thiazole rings is 1. The Labute approximate surface area is 163 Å². The zero-order valence-electron chi connectivity index (χ0n) is 15.8. The van der Waals surface area contributed by atoms with Crippen molar-refractivity contribution in [3.05, 3.63) is 58.6 Å². The lowest BCUT2D eigenvalue weighted by molar-refractivity contribution is 0.101. The molecule has 0 bridgehead atoms. The number of para-hydroxylation sites is 1. The molecule has 1 saturated heterocycles. The maximum atomic E-state index is 11.8. The molecule has 0 N–H and O–H groups in total. The summed E-state index contributed by atoms with van der Waals surface area (Å²) in [5.41, 5.74) is 2.89. The first-order valence-electron chi connectivity index (χ1n) is 9.43. The molecule has 4 nitrogen and oxygen atoms in total. The molecule has 0 radical (unpaired) electrons. The van der Waals surface area contributed by atoms with Crippen LogP contribution >= 0.6 is 11.3 Å². The van der Waals surface area contributed by atoms with Gasteiger partial charge in [0.2, 0.25) is 0 Å². The van der Waals surface area contributed by atoms with Crippen LogP contribution in [0.1, 0.15) is 53.2 Å². The van der Waals surface area contributed by atoms with Crippen LogP contribution in [0.4, 0.5) is 0 Å². The van der Waals surface area contributed by atoms with Gasteiger partial charge in [0.1, 0.15) is 10.8 Å². The number of methoxy groups -OCH3 is 1. The molecule has 2 aromatic carbocycles. The number of ketones is 1. The van der Waals surface area contributed by atoms with Gasteiger partial charge in [-0.3, -0.25) is 9.69 Å². The van der Waals surface area contributed by atoms with E-state index in [1.54, 1.807) is 25.4 Å². The molecule has 0 spiro atoms. The second-order valence-electron chi connectivity index (χ2n) is 7.08. The van der Waals surface area contributed by atoms with Crippen LogP contribution in [0.5, 0.6) is 5.75 Å². The molecule has 0 saturated carbocycles. The van der Waals surface area contributed by atoms with E-state index in [4.69, 9.17) is 9.72 Å². The Morgan fingerprint density at radius 1 is 1.26 bits per heavy atom. The minimum Gasteiger partial charge on any atom is -0.496 e. The van der Waals surface area contributed by atoms with Crippen molar-refractivity contribution in [3.8, 4) is 5.75 Å². The van der Waals surface area contributed by atoms with Crippen molar-refractivity contribution in [2.45, 2.75) is 38.8 Å². The number of hydrogen-bond donors (Lipinski definition) is 0. The predicted molar refractivity (Wildman–Crippen MR) is 110 cm³/mol. The fraction of sp³-hybridized carbons (Fsp3) is 0.364. The van der Waals surface area contributed by atoms with Gasteiger partial charge in [0.05, 0.1) is 23.4 Å². The maximum absolute atomic E-state index is 11.8. The van der Waals surface area contributed by atoms with E-state index in [2.05, 4.69) is 23.1 Å². The monoisotopic (exact) mass is 380 g/mol. The molecular formula is C22H24N2O2S. The van der Waals surface area contributed by atoms with E-state index < -0.39 is 0 Å². The Balaban J connectivity index is 1.65. The van der Waals surface area contributed by atoms with Gasteiger partial charge in [-0.1, -0.05) is 18.6 Å². The number of Topliss-reactive ketones (excluding diaryl/α,β-unsaturated/α-hetero) is 1. The number of rotatable bonds is 5. The topological polar surface area (TPSA) is 42.4 Å². The van der Waals surface area contributed by atoms with Crippen LogP contribution in [0, 0.1) is 0 Å². The first-order valence-corrected chi connectivity index (χ1v) is 10.2. The molecule has 140 valence electrons. The van der Waals surface area contributed by atoms with E-state index in [1.807, 2.05) is 24.3 Å². The Morgan fingerprint density at radius 2 is 2.11 bits per heavy atom. The normalized spacial score (nSPS) is 17.9. The molecule has 2 heterocycles. The van der Waals surface area contributed by atoms with Crippen molar-refractivity contribution in [2.24, 2.45) is 0 Å². The number of aromatic nitrogens is 1. The molecular weight excluding hydrogens is 356 g/mol. The second-order valence-corrected chi connectivity index (χ2v) is 8.15. The van der Waals surface area contributed by atoms with Crippen LogP contribution < -0.4 is 4.74 Å². The van der Waals surface area contributed by atoms with Crippen LogP contribution in [-0.4, -0.2) is 29.3 Å². The third-order valence-corrected chi connectivity index (χ3v) is 6.41. The fourth-order valence-electron chi connectivity index (χ4n) is 3.83. The SMILES string of the molecule is COc1ccc(C(C)=O)cc1CN1CCCCC1c1nc2ccccc2s1. The number of hydrogen-bond acceptors (Lipinski definition) is 5. The summed E-state index contributed by atoms with van der Waals surface area (Å²) in [6.45, 7) is 3.41. The van der Waals surface area contributed by atoms with Gasteiger partial charge in [-0.25, -0.2) is 4.98 Å². The van der Waals surface area contributed by atoms with Crippen LogP contribution in [0.2, 0.25) is 0 Å². The Bertz CT molecular complexity index is 933. The molecule has 3 aromatic rings. The van der Waals surface area contributed by atoms with Crippen molar-refractivity contribution in [3.63, 3.8) is 0 Å². The minimum atomic E-state index is 0.0836. The second kappa shape index (κ2) is 7.79. The largest absolute Gasteiger partial charge is 0.496 e. The van der Waals surface area contributed by atoms with Gasteiger partial charge in [-0.15, -0.1) is 11.3 Å². The van der Waals surface area contributed by atoms with Gasteiger partial charge in [-0.2, -0.15) is 0 Å². The highest BCUT2D eigenvalue weighted by atomic mass is 32.1. The molecule has 1 fully saturated rings. The summed E-state index contributed by atoms with van der Waals surface area (Å²) >= 11 is 1.80. The van der Waals surface area contributed by atoms with Crippen LogP contribution in [0.3, 0.4) is 0 Å². The number of carbonyl (C=O) groups excluding carboxylic acids is 1. The van der Waals surface area contributed by atoms with E-state index in [9.17, 15) is 4.79 Å². The first-order chi connectivity index (χ1) is 13.2. The highest BCUT2D eigenvalue weighted by Crippen LogP contribution is 2.37. The summed E-state index contributed by atoms with van der Waals surface area (Å²) in [6.07, 6.45) is 3.53. The van der Waals surface area contributed by atoms with E-state index in [0.29, 0.717) is 6.04 Å². The lowest BCUT2D eigenvalue weighted by atomic mass is 10.00. The molecule has 1 aromatic heterocycles. The molecule has 0 amide bonds. The van der Waals surface area contributed by atoms with Crippen LogP contribution in [-0.2, 0) is 6.54 Å². The number of piperidine rings is 1. The summed E-state index contributed by atoms with van der Waals surface area (Å²) in [5.74, 6) is 0.925. The minimum absolute atomic E-state index is 0.0836. The number of ether oxygens (including phenoxy) is 1. The summed E-state index contributed by atoms with van der Waals surface area (Å²) in [5, 5.41) is 1.19. The number of fused-ring (bicyclic) bond motifs is 1. The standard InChI is InChI=1S/C22H24N2O2S/c1-15(25)16-10-11-20(26-2)17(13-16)14-24-12-6-5-8-19(24)22-23-18-7-3-4-9-21(18)27-22/h3-4,7,9-11,13,19H,5-6,8,12,14H2,1-2H3. The van der Waals surface area contributed by atoms with Crippen molar-refractivity contribution >= 4 is 27.3 Å². The van der Waals surface area contributed by atoms with Gasteiger partial charge < -0.3 is 4.74 Å². The Kier molecular flexibility index (Phi) is 5.23. The number of nitrogens with zero attached hydrogens (tertiary/aromatic N) is 2. The zero-order valence-corrected chi connectivity index (χ0v) is 16.6. The zero-order chi connectivity index (χ0) is 18.8. The number of likely N-dealkylation sites (tertiary alicyclic amines) is 1. The average molecular weight is 381 g/mol. The third kappa shape index (κ3) is 3.75. The van der Waals surface area contributed by atoms with Crippen molar-refractivity contribution in [1.29, 1.82) is 0 Å². The molecule has 0 aliphatic carbocycles. The lowest BCUT2D eigenvalue weighted by Gasteiger charge is -2.34. The van der Waals surface area contributed by atoms with Gasteiger partial charge in [0, 0.05) is 17.7 Å². The van der Waals surface area contributed by atoms with Crippen LogP contribution in [0.15, 0.2) is 42.5 Å². The van der Waals surface area contributed by atoms with Crippen molar-refractivity contribution in [1.82, 2.24) is 9.88 Å². The van der Waals surface area contributed by atoms with E-state index in [-0.39, 0.29) is 5.78 Å². The van der Waals surface area contributed by atoms with Gasteiger partial charge in [0.25, 0.3) is 0 Å². The average Bonchev–Trinajstić information content (AvgIpc) is 3.12. The predicted octanol–water partition coefficient (Wildman–Crippen LogP) is 5.23. The molecule has 5 heteroatoms. The van der Waals surface area contributed by atoms with Gasteiger partial charge >= 0.3 is 0 Å². The number of carbonyl (C=O) groups is 1. The molecule has 1 atom stereocenters. The third-order valence-electron chi connectivity index (χ3n) is 5.27. The Hall–Kier alpha value is -2.24. The van der Waals surface area contributed by atoms with E-state index in [1.165, 1.54) is 22.5 Å². The molecule has 1 unspecified atom stereocenters.